The van der Waals surface area contributed by atoms with Crippen molar-refractivity contribution in [3.8, 4) is 0 Å². The molecule has 0 heterocycles. The minimum Gasteiger partial charge on any atom is -0.550 e. The van der Waals surface area contributed by atoms with Crippen molar-refractivity contribution in [2.24, 2.45) is 35.5 Å². The first-order valence-corrected chi connectivity index (χ1v) is 23.6. The number of carboxylic acids is 6. The third kappa shape index (κ3) is 53.6. The predicted octanol–water partition coefficient (Wildman–Crippen LogP) is 5.71. The summed E-state index contributed by atoms with van der Waals surface area (Å²) in [5.74, 6) is -6.69. The van der Waals surface area contributed by atoms with Crippen LogP contribution in [0.15, 0.2) is 0 Å². The van der Waals surface area contributed by atoms with Gasteiger partial charge in [0.1, 0.15) is 0 Å². The maximum Gasteiger partial charge on any atom is 0.0445 e. The van der Waals surface area contributed by atoms with Crippen molar-refractivity contribution in [1.82, 2.24) is 0 Å². The fraction of sp³-hybridized carbons (Fsp3) is 0.875. The Morgan fingerprint density at radius 3 is 0.410 bits per heavy atom. The molecular weight excluding hydrogens is 952 g/mol. The van der Waals surface area contributed by atoms with E-state index in [9.17, 15) is 59.4 Å². The average molecular weight is 1040 g/mol. The van der Waals surface area contributed by atoms with E-state index in [4.69, 9.17) is 0 Å². The van der Waals surface area contributed by atoms with E-state index in [0.717, 1.165) is 116 Å². The van der Waals surface area contributed by atoms with Gasteiger partial charge in [-0.25, -0.2) is 0 Å². The quantitative estimate of drug-likeness (QED) is 0.0840. The van der Waals surface area contributed by atoms with Gasteiger partial charge in [0.15, 0.2) is 0 Å². The first-order chi connectivity index (χ1) is 28.3. The van der Waals surface area contributed by atoms with Crippen LogP contribution in [-0.2, 0) is 49.8 Å². The Morgan fingerprint density at radius 1 is 0.262 bits per heavy atom. The molecule has 0 aromatic rings. The van der Waals surface area contributed by atoms with Crippen molar-refractivity contribution < 1.29 is 80.5 Å². The Morgan fingerprint density at radius 2 is 0.361 bits per heavy atom. The van der Waals surface area contributed by atoms with Crippen LogP contribution in [0.25, 0.3) is 0 Å². The van der Waals surface area contributed by atoms with Gasteiger partial charge in [0.05, 0.1) is 0 Å². The number of carbonyl (C=O) groups excluding carboxylic acids is 6. The molecule has 0 aliphatic carbocycles. The second-order valence-electron chi connectivity index (χ2n) is 15.4. The molecule has 0 saturated heterocycles. The summed E-state index contributed by atoms with van der Waals surface area (Å²) in [6.07, 6.45) is 21.1. The molecule has 0 aromatic carbocycles. The SMILES string of the molecule is CCCCC(CC)C(=O)[O-].CCCCC(CC)C(=O)[O-].CCCCC(CC)C(=O)[O-].CCCCC(CC)C(=O)[O-].CCCCC(CC)C(=O)[O-].CCCCC(CC)C(=O)[O-].[W]. The van der Waals surface area contributed by atoms with Crippen LogP contribution in [0.1, 0.15) is 237 Å². The summed E-state index contributed by atoms with van der Waals surface area (Å²) in [6, 6.07) is 0. The fourth-order valence-electron chi connectivity index (χ4n) is 5.63. The molecule has 0 rings (SSSR count). The van der Waals surface area contributed by atoms with Gasteiger partial charge in [0.2, 0.25) is 0 Å². The Hall–Kier alpha value is -2.49. The van der Waals surface area contributed by atoms with E-state index in [1.54, 1.807) is 0 Å². The largest absolute Gasteiger partial charge is 0.550 e. The summed E-state index contributed by atoms with van der Waals surface area (Å²) in [7, 11) is 0. The summed E-state index contributed by atoms with van der Waals surface area (Å²) in [6.45, 7) is 23.7. The van der Waals surface area contributed by atoms with Crippen molar-refractivity contribution in [2.45, 2.75) is 237 Å². The van der Waals surface area contributed by atoms with Gasteiger partial charge < -0.3 is 59.4 Å². The number of unbranched alkanes of at least 4 members (excludes halogenated alkanes) is 6. The summed E-state index contributed by atoms with van der Waals surface area (Å²) in [5.41, 5.74) is 0. The topological polar surface area (TPSA) is 241 Å². The van der Waals surface area contributed by atoms with Gasteiger partial charge in [-0.05, 0) is 113 Å². The van der Waals surface area contributed by atoms with E-state index in [0.29, 0.717) is 38.5 Å². The Bertz CT molecular complexity index is 806. The molecular formula is C48H90O12W-6. The first kappa shape index (κ1) is 72.9. The zero-order valence-corrected chi connectivity index (χ0v) is 43.7. The first-order valence-electron chi connectivity index (χ1n) is 23.6. The smallest absolute Gasteiger partial charge is 0.0445 e. The minimum absolute atomic E-state index is 0. The molecule has 6 atom stereocenters. The van der Waals surface area contributed by atoms with Crippen LogP contribution in [0, 0.1) is 35.5 Å². The molecule has 13 heteroatoms. The standard InChI is InChI=1S/6C8H16O2.W/c6*1-3-5-6-7(4-2)8(9)10;/h6*7H,3-6H2,1-2H3,(H,9,10);/p-6. The second-order valence-corrected chi connectivity index (χ2v) is 15.4. The average Bonchev–Trinajstić information content (AvgIpc) is 3.20. The maximum atomic E-state index is 10.3. The third-order valence-corrected chi connectivity index (χ3v) is 10.4. The fourth-order valence-corrected chi connectivity index (χ4v) is 5.63. The molecule has 0 fully saturated rings. The van der Waals surface area contributed by atoms with E-state index in [2.05, 4.69) is 41.5 Å². The molecule has 366 valence electrons. The van der Waals surface area contributed by atoms with Gasteiger partial charge in [0, 0.05) is 56.9 Å². The van der Waals surface area contributed by atoms with Crippen molar-refractivity contribution in [1.29, 1.82) is 0 Å². The summed E-state index contributed by atoms with van der Waals surface area (Å²) in [5, 5.41) is 62.0. The molecule has 12 nitrogen and oxygen atoms in total. The van der Waals surface area contributed by atoms with Gasteiger partial charge >= 0.3 is 0 Å². The van der Waals surface area contributed by atoms with Crippen molar-refractivity contribution in [3.05, 3.63) is 0 Å². The summed E-state index contributed by atoms with van der Waals surface area (Å²) < 4.78 is 0. The molecule has 6 unspecified atom stereocenters. The number of hydrogen-bond donors (Lipinski definition) is 0. The zero-order valence-electron chi connectivity index (χ0n) is 40.7. The van der Waals surface area contributed by atoms with E-state index < -0.39 is 35.8 Å². The van der Waals surface area contributed by atoms with Crippen LogP contribution < -0.4 is 30.6 Å². The predicted molar refractivity (Wildman–Crippen MR) is 230 cm³/mol. The Balaban J connectivity index is -0.000000114. The van der Waals surface area contributed by atoms with Crippen LogP contribution in [0.4, 0.5) is 0 Å². The molecule has 0 saturated carbocycles. The number of carboxylic acid groups (broad SMARTS) is 6. The van der Waals surface area contributed by atoms with Crippen molar-refractivity contribution in [3.63, 3.8) is 0 Å². The van der Waals surface area contributed by atoms with E-state index in [-0.39, 0.29) is 56.6 Å². The molecule has 0 N–H and O–H groups in total. The van der Waals surface area contributed by atoms with Gasteiger partial charge in [-0.2, -0.15) is 0 Å². The maximum absolute atomic E-state index is 10.3. The molecule has 0 aliphatic rings. The molecule has 0 aliphatic heterocycles. The third-order valence-electron chi connectivity index (χ3n) is 10.4. The molecule has 0 aromatic heterocycles. The molecule has 0 bridgehead atoms. The number of aliphatic carboxylic acids is 6. The number of rotatable bonds is 30. The van der Waals surface area contributed by atoms with E-state index in [1.807, 2.05) is 41.5 Å². The molecule has 61 heavy (non-hydrogen) atoms. The van der Waals surface area contributed by atoms with E-state index in [1.165, 1.54) is 0 Å². The molecule has 0 spiro atoms. The van der Waals surface area contributed by atoms with Crippen LogP contribution in [0.5, 0.6) is 0 Å². The van der Waals surface area contributed by atoms with Crippen LogP contribution in [0.3, 0.4) is 0 Å². The van der Waals surface area contributed by atoms with Crippen molar-refractivity contribution in [2.75, 3.05) is 0 Å². The van der Waals surface area contributed by atoms with Gasteiger partial charge in [-0.1, -0.05) is 160 Å². The van der Waals surface area contributed by atoms with Gasteiger partial charge in [-0.15, -0.1) is 0 Å². The number of hydrogen-bond acceptors (Lipinski definition) is 12. The summed E-state index contributed by atoms with van der Waals surface area (Å²) in [4.78, 5) is 62.0. The van der Waals surface area contributed by atoms with Crippen LogP contribution in [0.2, 0.25) is 0 Å². The normalized spacial score (nSPS) is 12.8. The van der Waals surface area contributed by atoms with Crippen LogP contribution >= 0.6 is 0 Å². The Kier molecular flexibility index (Phi) is 66.4. The van der Waals surface area contributed by atoms with Crippen LogP contribution in [-0.4, -0.2) is 35.8 Å². The van der Waals surface area contributed by atoms with Crippen molar-refractivity contribution >= 4 is 35.8 Å². The Labute approximate surface area is 387 Å². The minimum atomic E-state index is -0.893. The molecule has 0 amide bonds. The molecule has 0 radical (unpaired) electrons. The van der Waals surface area contributed by atoms with Gasteiger partial charge in [-0.3, -0.25) is 0 Å². The van der Waals surface area contributed by atoms with Gasteiger partial charge in [0.25, 0.3) is 0 Å². The monoisotopic (exact) mass is 1040 g/mol. The zero-order chi connectivity index (χ0) is 47.9. The summed E-state index contributed by atoms with van der Waals surface area (Å²) >= 11 is 0. The second kappa shape index (κ2) is 55.5. The van der Waals surface area contributed by atoms with E-state index >= 15 is 0 Å². The number of carbonyl (C=O) groups is 6.